The molecule has 3 unspecified atom stereocenters. The highest BCUT2D eigenvalue weighted by Gasteiger charge is 2.68. The van der Waals surface area contributed by atoms with Crippen LogP contribution < -0.4 is 10.6 Å². The van der Waals surface area contributed by atoms with Crippen molar-refractivity contribution in [3.63, 3.8) is 0 Å². The third-order valence-corrected chi connectivity index (χ3v) is 19.7. The van der Waals surface area contributed by atoms with Gasteiger partial charge in [0.1, 0.15) is 26.4 Å². The average molecular weight is 640 g/mol. The third kappa shape index (κ3) is 5.66. The first-order chi connectivity index (χ1) is 19.4. The minimum atomic E-state index is -3.15. The molecule has 0 aromatic carbocycles. The lowest BCUT2D eigenvalue weighted by atomic mass is 9.96. The van der Waals surface area contributed by atoms with Crippen LogP contribution in [0.2, 0.25) is 41.8 Å². The number of carbonyl (C=O) groups excluding carboxylic acids is 1. The lowest BCUT2D eigenvalue weighted by Crippen LogP contribution is -2.68. The topological polar surface area (TPSA) is 106 Å². The number of alkyl halides is 1. The summed E-state index contributed by atoms with van der Waals surface area (Å²) in [6.45, 7) is 23.4. The van der Waals surface area contributed by atoms with Crippen LogP contribution in [0, 0.1) is 11.5 Å². The molecular formula is C28H50FN5O5Si3. The summed E-state index contributed by atoms with van der Waals surface area (Å²) in [5.41, 5.74) is 1.33. The van der Waals surface area contributed by atoms with Crippen molar-refractivity contribution in [2.45, 2.75) is 134 Å². The summed E-state index contributed by atoms with van der Waals surface area (Å²) in [6, 6.07) is -0.788. The first-order valence-electron chi connectivity index (χ1n) is 15.2. The van der Waals surface area contributed by atoms with Crippen LogP contribution in [0.1, 0.15) is 55.4 Å². The molecule has 0 bridgehead atoms. The highest BCUT2D eigenvalue weighted by Crippen LogP contribution is 2.50. The Labute approximate surface area is 254 Å². The smallest absolute Gasteiger partial charge is 0.335 e. The van der Waals surface area contributed by atoms with E-state index in [2.05, 4.69) is 107 Å². The van der Waals surface area contributed by atoms with Crippen LogP contribution in [0.4, 0.5) is 4.39 Å². The van der Waals surface area contributed by atoms with E-state index in [1.54, 1.807) is 11.9 Å². The maximum absolute atomic E-state index is 18.1. The van der Waals surface area contributed by atoms with Crippen LogP contribution in [0.25, 0.3) is 0 Å². The van der Waals surface area contributed by atoms with E-state index in [0.717, 1.165) is 0 Å². The van der Waals surface area contributed by atoms with E-state index >= 15 is 4.39 Å². The first-order valence-corrected chi connectivity index (χ1v) is 22.6. The zero-order valence-electron chi connectivity index (χ0n) is 27.2. The second kappa shape index (κ2) is 11.7. The van der Waals surface area contributed by atoms with Crippen LogP contribution in [-0.4, -0.2) is 98.3 Å². The molecule has 4 heterocycles. The van der Waals surface area contributed by atoms with Gasteiger partial charge in [0.2, 0.25) is 5.67 Å². The van der Waals surface area contributed by atoms with Gasteiger partial charge < -0.3 is 27.9 Å². The van der Waals surface area contributed by atoms with E-state index in [1.807, 2.05) is 0 Å². The fourth-order valence-electron chi connectivity index (χ4n) is 6.39. The molecule has 3 saturated heterocycles. The minimum absolute atomic E-state index is 0.0160. The molecule has 10 nitrogen and oxygen atoms in total. The van der Waals surface area contributed by atoms with Gasteiger partial charge in [-0.3, -0.25) is 20.1 Å². The number of rotatable bonds is 5. The van der Waals surface area contributed by atoms with Gasteiger partial charge in [-0.05, 0) is 22.2 Å². The number of halogens is 1. The van der Waals surface area contributed by atoms with Crippen molar-refractivity contribution >= 4 is 43.4 Å². The van der Waals surface area contributed by atoms with Crippen LogP contribution in [0.5, 0.6) is 0 Å². The van der Waals surface area contributed by atoms with Crippen LogP contribution in [0.3, 0.4) is 0 Å². The molecule has 0 aromatic rings. The molecule has 4 aliphatic heterocycles. The quantitative estimate of drug-likeness (QED) is 0.346. The fourth-order valence-corrected chi connectivity index (χ4v) is 18.2. The monoisotopic (exact) mass is 639 g/mol. The highest BCUT2D eigenvalue weighted by atomic mass is 28.5. The Bertz CT molecular complexity index is 1150. The van der Waals surface area contributed by atoms with Gasteiger partial charge in [0.25, 0.3) is 5.91 Å². The Morgan fingerprint density at radius 1 is 1.10 bits per heavy atom. The zero-order chi connectivity index (χ0) is 31.4. The van der Waals surface area contributed by atoms with Crippen LogP contribution in [0.15, 0.2) is 9.98 Å². The first kappa shape index (κ1) is 33.3. The number of fused-ring (bicyclic) bond motifs is 2. The van der Waals surface area contributed by atoms with E-state index in [9.17, 15) is 4.79 Å². The Kier molecular flexibility index (Phi) is 9.29. The van der Waals surface area contributed by atoms with E-state index < -0.39 is 61.5 Å². The van der Waals surface area contributed by atoms with Crippen molar-refractivity contribution in [2.24, 2.45) is 9.98 Å². The van der Waals surface area contributed by atoms with Gasteiger partial charge in [-0.1, -0.05) is 81.0 Å². The van der Waals surface area contributed by atoms with Crippen molar-refractivity contribution in [3.8, 4) is 11.5 Å². The van der Waals surface area contributed by atoms with Gasteiger partial charge >= 0.3 is 17.1 Å². The molecule has 6 atom stereocenters. The zero-order valence-corrected chi connectivity index (χ0v) is 30.2. The van der Waals surface area contributed by atoms with Crippen molar-refractivity contribution in [3.05, 3.63) is 0 Å². The predicted molar refractivity (Wildman–Crippen MR) is 170 cm³/mol. The number of aliphatic imine (C=N–C) groups is 2. The molecule has 14 heteroatoms. The maximum Gasteiger partial charge on any atom is 0.335 e. The number of nitrogens with zero attached hydrogens (tertiary/aromatic N) is 3. The summed E-state index contributed by atoms with van der Waals surface area (Å²) < 4.78 is 46.0. The second-order valence-corrected chi connectivity index (χ2v) is 27.7. The predicted octanol–water partition coefficient (Wildman–Crippen LogP) is 4.00. The van der Waals surface area contributed by atoms with Gasteiger partial charge in [0, 0.05) is 7.05 Å². The largest absolute Gasteiger partial charge is 0.414 e. The lowest BCUT2D eigenvalue weighted by Gasteiger charge is -2.51. The summed E-state index contributed by atoms with van der Waals surface area (Å²) in [5, 5.41) is 5.88. The number of guanidine groups is 1. The molecule has 42 heavy (non-hydrogen) atoms. The Morgan fingerprint density at radius 3 is 2.21 bits per heavy atom. The Morgan fingerprint density at radius 2 is 1.69 bits per heavy atom. The summed E-state index contributed by atoms with van der Waals surface area (Å²) in [7, 11) is -6.46. The van der Waals surface area contributed by atoms with Crippen molar-refractivity contribution in [1.82, 2.24) is 15.5 Å². The minimum Gasteiger partial charge on any atom is -0.414 e. The van der Waals surface area contributed by atoms with Crippen LogP contribution in [-0.2, 0) is 22.5 Å². The lowest BCUT2D eigenvalue weighted by molar-refractivity contribution is -0.125. The van der Waals surface area contributed by atoms with Crippen molar-refractivity contribution < 1.29 is 26.9 Å². The molecule has 0 radical (unpaired) electrons. The van der Waals surface area contributed by atoms with Gasteiger partial charge in [0.05, 0.1) is 12.9 Å². The molecular weight excluding hydrogens is 590 g/mol. The fraction of sp³-hybridized carbons (Fsp3) is 0.821. The highest BCUT2D eigenvalue weighted by molar-refractivity contribution is 6.84. The standard InChI is InChI=1S/C28H50FN5O5Si3/c1-17(2)41(18(3)4)36-15-21-23(38-42(39-41,19(5)6)20(7)8)28(29,13-14-40(10,11)12)26(37-21)34-16-31-22-24(34)32-27(30-9)33-25(22)35/h16-24,26H,15H2,1-12H3,(H2,30,32,33,35)/t21-,22?,23+,24?,26-,28?/m1/s1. The van der Waals surface area contributed by atoms with E-state index in [4.69, 9.17) is 17.7 Å². The van der Waals surface area contributed by atoms with E-state index in [0.29, 0.717) is 5.96 Å². The maximum atomic E-state index is 18.1. The summed E-state index contributed by atoms with van der Waals surface area (Å²) >= 11 is 0. The third-order valence-electron chi connectivity index (χ3n) is 8.64. The second-order valence-electron chi connectivity index (χ2n) is 14.1. The van der Waals surface area contributed by atoms with E-state index in [1.165, 1.54) is 6.34 Å². The van der Waals surface area contributed by atoms with Crippen LogP contribution >= 0.6 is 0 Å². The molecule has 2 N–H and O–H groups in total. The molecule has 4 aliphatic rings. The number of amides is 1. The number of hydrogen-bond donors (Lipinski definition) is 2. The molecule has 0 spiro atoms. The van der Waals surface area contributed by atoms with Crippen molar-refractivity contribution in [2.75, 3.05) is 13.7 Å². The summed E-state index contributed by atoms with van der Waals surface area (Å²) in [6.07, 6.45) is -2.20. The van der Waals surface area contributed by atoms with E-state index in [-0.39, 0.29) is 34.7 Å². The number of nitrogens with one attached hydrogen (secondary N) is 2. The average Bonchev–Trinajstić information content (AvgIpc) is 3.40. The Balaban J connectivity index is 1.87. The number of ether oxygens (including phenoxy) is 1. The molecule has 1 amide bonds. The van der Waals surface area contributed by atoms with Gasteiger partial charge in [-0.25, -0.2) is 4.39 Å². The SMILES string of the molecule is CN=C1NC(=O)C2N=CN([C@@H]3O[C@@H]4CO[Si](C(C)C)(C(C)C)O[Si](C(C)C)(C(C)C)O[C@@H]4C3(F)C#C[Si](C)(C)C)C2N1. The van der Waals surface area contributed by atoms with Gasteiger partial charge in [-0.15, -0.1) is 5.54 Å². The molecule has 0 aromatic heterocycles. The molecule has 4 rings (SSSR count). The normalized spacial score (nSPS) is 35.1. The molecule has 0 saturated carbocycles. The van der Waals surface area contributed by atoms with Gasteiger partial charge in [0.15, 0.2) is 18.2 Å². The number of hydrogen-bond acceptors (Lipinski definition) is 8. The summed E-state index contributed by atoms with van der Waals surface area (Å²) in [4.78, 5) is 23.0. The van der Waals surface area contributed by atoms with Crippen molar-refractivity contribution in [1.29, 1.82) is 0 Å². The number of carbonyl (C=O) groups is 1. The molecule has 3 fully saturated rings. The Hall–Kier alpha value is -1.61. The van der Waals surface area contributed by atoms with Gasteiger partial charge in [-0.2, -0.15) is 0 Å². The molecule has 0 aliphatic carbocycles. The molecule has 236 valence electrons. The summed E-state index contributed by atoms with van der Waals surface area (Å²) in [5.74, 6) is 3.02.